The maximum absolute atomic E-state index is 13.3. The lowest BCUT2D eigenvalue weighted by Crippen LogP contribution is -2.44. The largest absolute Gasteiger partial charge is 0.497 e. The number of halogens is 2. The van der Waals surface area contributed by atoms with Crippen LogP contribution in [0.4, 0.5) is 8.78 Å². The number of benzene rings is 2. The van der Waals surface area contributed by atoms with Crippen molar-refractivity contribution in [3.8, 4) is 5.75 Å². The summed E-state index contributed by atoms with van der Waals surface area (Å²) in [5.74, 6) is 0.200. The van der Waals surface area contributed by atoms with E-state index in [1.807, 2.05) is 24.3 Å². The molecule has 7 heteroatoms. The molecule has 3 N–H and O–H groups in total. The van der Waals surface area contributed by atoms with Gasteiger partial charge < -0.3 is 19.8 Å². The van der Waals surface area contributed by atoms with E-state index in [4.69, 9.17) is 4.74 Å². The van der Waals surface area contributed by atoms with Crippen LogP contribution in [0.2, 0.25) is 0 Å². The molecule has 184 valence electrons. The normalized spacial score (nSPS) is 26.7. The summed E-state index contributed by atoms with van der Waals surface area (Å²) < 4.78 is 31.8. The Kier molecular flexibility index (Phi) is 8.32. The zero-order chi connectivity index (χ0) is 24.1. The number of nitrogens with one attached hydrogen (secondary N) is 1. The number of likely N-dealkylation sites (tertiary alicyclic amines) is 1. The van der Waals surface area contributed by atoms with Crippen molar-refractivity contribution in [2.75, 3.05) is 26.7 Å². The average Bonchev–Trinajstić information content (AvgIpc) is 3.24. The Morgan fingerprint density at radius 2 is 1.85 bits per heavy atom. The fourth-order valence-electron chi connectivity index (χ4n) is 5.33. The fourth-order valence-corrected chi connectivity index (χ4v) is 5.33. The molecule has 0 radical (unpaired) electrons. The Morgan fingerprint density at radius 3 is 2.53 bits per heavy atom. The van der Waals surface area contributed by atoms with Crippen LogP contribution in [0.5, 0.6) is 5.75 Å². The van der Waals surface area contributed by atoms with Gasteiger partial charge in [0.2, 0.25) is 0 Å². The lowest BCUT2D eigenvalue weighted by atomic mass is 9.86. The smallest absolute Gasteiger partial charge is 0.126 e. The van der Waals surface area contributed by atoms with Crippen LogP contribution in [0.25, 0.3) is 6.08 Å². The first-order chi connectivity index (χ1) is 16.4. The fraction of sp³-hybridized carbons (Fsp3) is 0.481. The van der Waals surface area contributed by atoms with Crippen molar-refractivity contribution in [1.82, 2.24) is 10.2 Å². The van der Waals surface area contributed by atoms with Gasteiger partial charge in [-0.05, 0) is 79.6 Å². The molecule has 1 aliphatic heterocycles. The van der Waals surface area contributed by atoms with Crippen LogP contribution in [0.3, 0.4) is 0 Å². The first-order valence-electron chi connectivity index (χ1n) is 12.0. The van der Waals surface area contributed by atoms with Crippen molar-refractivity contribution in [1.29, 1.82) is 0 Å². The van der Waals surface area contributed by atoms with Crippen LogP contribution in [-0.2, 0) is 0 Å². The van der Waals surface area contributed by atoms with E-state index in [2.05, 4.69) is 10.2 Å². The maximum Gasteiger partial charge on any atom is 0.126 e. The van der Waals surface area contributed by atoms with Crippen LogP contribution >= 0.6 is 0 Å². The predicted molar refractivity (Wildman–Crippen MR) is 128 cm³/mol. The zero-order valence-corrected chi connectivity index (χ0v) is 19.5. The van der Waals surface area contributed by atoms with E-state index in [1.54, 1.807) is 7.11 Å². The van der Waals surface area contributed by atoms with Gasteiger partial charge in [0, 0.05) is 31.1 Å². The van der Waals surface area contributed by atoms with Crippen molar-refractivity contribution >= 4 is 6.08 Å². The number of hydrogen-bond acceptors (Lipinski definition) is 5. The maximum atomic E-state index is 13.3. The Morgan fingerprint density at radius 1 is 1.12 bits per heavy atom. The molecular formula is C27H34F2N2O3. The SMILES string of the molecule is COc1ccc([C@H]2CCN(C[C@@H]3CC[C@H](NC(O)/C=C/c4cc(F)cc(F)c4)C3)C[C@@H]2O)cc1. The van der Waals surface area contributed by atoms with Crippen LogP contribution in [0, 0.1) is 17.6 Å². The third kappa shape index (κ3) is 6.63. The highest BCUT2D eigenvalue weighted by molar-refractivity contribution is 5.49. The predicted octanol–water partition coefficient (Wildman–Crippen LogP) is 3.91. The van der Waals surface area contributed by atoms with Crippen molar-refractivity contribution in [3.63, 3.8) is 0 Å². The average molecular weight is 473 g/mol. The van der Waals surface area contributed by atoms with Gasteiger partial charge in [0.05, 0.1) is 13.2 Å². The topological polar surface area (TPSA) is 65.0 Å². The third-order valence-electron chi connectivity index (χ3n) is 7.03. The van der Waals surface area contributed by atoms with Crippen molar-refractivity contribution in [2.45, 2.75) is 50.0 Å². The van der Waals surface area contributed by atoms with Gasteiger partial charge in [-0.3, -0.25) is 5.32 Å². The molecular weight excluding hydrogens is 438 g/mol. The van der Waals surface area contributed by atoms with E-state index in [-0.39, 0.29) is 12.0 Å². The van der Waals surface area contributed by atoms with E-state index < -0.39 is 24.0 Å². The minimum atomic E-state index is -0.878. The summed E-state index contributed by atoms with van der Waals surface area (Å²) in [4.78, 5) is 2.35. The van der Waals surface area contributed by atoms with Gasteiger partial charge in [-0.25, -0.2) is 8.78 Å². The minimum Gasteiger partial charge on any atom is -0.497 e. The molecule has 2 aromatic rings. The summed E-state index contributed by atoms with van der Waals surface area (Å²) in [5, 5.41) is 24.3. The number of β-amino-alcohol motifs (C(OH)–C–C–N with tert-alkyl or cyclic N) is 1. The second kappa shape index (κ2) is 11.4. The highest BCUT2D eigenvalue weighted by atomic mass is 19.1. The molecule has 4 rings (SSSR count). The van der Waals surface area contributed by atoms with Gasteiger partial charge in [-0.1, -0.05) is 18.2 Å². The van der Waals surface area contributed by atoms with Crippen LogP contribution < -0.4 is 10.1 Å². The Balaban J connectivity index is 1.21. The van der Waals surface area contributed by atoms with Gasteiger partial charge in [-0.2, -0.15) is 0 Å². The zero-order valence-electron chi connectivity index (χ0n) is 19.5. The summed E-state index contributed by atoms with van der Waals surface area (Å²) in [5.41, 5.74) is 1.53. The van der Waals surface area contributed by atoms with Crippen molar-refractivity contribution < 1.29 is 23.7 Å². The molecule has 2 aromatic carbocycles. The molecule has 0 aromatic heterocycles. The summed E-state index contributed by atoms with van der Waals surface area (Å²) in [6.07, 6.45) is 5.67. The Labute approximate surface area is 200 Å². The quantitative estimate of drug-likeness (QED) is 0.509. The molecule has 34 heavy (non-hydrogen) atoms. The molecule has 0 bridgehead atoms. The molecule has 0 amide bonds. The van der Waals surface area contributed by atoms with Gasteiger partial charge >= 0.3 is 0 Å². The Hall–Kier alpha value is -2.32. The molecule has 1 unspecified atom stereocenters. The first-order valence-corrected chi connectivity index (χ1v) is 12.0. The molecule has 0 spiro atoms. The van der Waals surface area contributed by atoms with Gasteiger partial charge in [0.1, 0.15) is 23.6 Å². The van der Waals surface area contributed by atoms with E-state index in [9.17, 15) is 19.0 Å². The van der Waals surface area contributed by atoms with Crippen LogP contribution in [0.15, 0.2) is 48.5 Å². The van der Waals surface area contributed by atoms with Crippen molar-refractivity contribution in [3.05, 3.63) is 71.3 Å². The van der Waals surface area contributed by atoms with Gasteiger partial charge in [0.15, 0.2) is 0 Å². The standard InChI is InChI=1S/C27H34F2N2O3/c1-34-24-7-4-20(5-8-24)25-10-11-31(17-26(25)32)16-19-2-6-23(14-19)30-27(33)9-3-18-12-21(28)15-22(29)13-18/h3-5,7-9,12-13,15,19,23,25-27,30,32-33H,2,6,10-11,14,16-17H2,1H3/b9-3+/t19-,23+,25-,26+,27?/m1/s1. The monoisotopic (exact) mass is 472 g/mol. The molecule has 2 aliphatic rings. The number of aliphatic hydroxyl groups excluding tert-OH is 2. The number of rotatable bonds is 8. The van der Waals surface area contributed by atoms with Crippen LogP contribution in [-0.4, -0.2) is 60.2 Å². The molecule has 1 aliphatic carbocycles. The minimum absolute atomic E-state index is 0.147. The number of nitrogens with zero attached hydrogens (tertiary/aromatic N) is 1. The summed E-state index contributed by atoms with van der Waals surface area (Å²) in [6, 6.07) is 11.4. The van der Waals surface area contributed by atoms with E-state index >= 15 is 0 Å². The van der Waals surface area contributed by atoms with Crippen molar-refractivity contribution in [2.24, 2.45) is 5.92 Å². The number of piperidine rings is 1. The van der Waals surface area contributed by atoms with E-state index in [0.29, 0.717) is 18.0 Å². The molecule has 2 fully saturated rings. The lowest BCUT2D eigenvalue weighted by molar-refractivity contribution is 0.0439. The third-order valence-corrected chi connectivity index (χ3v) is 7.03. The first kappa shape index (κ1) is 24.8. The highest BCUT2D eigenvalue weighted by Gasteiger charge is 2.32. The number of hydrogen-bond donors (Lipinski definition) is 3. The van der Waals surface area contributed by atoms with Crippen LogP contribution in [0.1, 0.15) is 42.7 Å². The second-order valence-electron chi connectivity index (χ2n) is 9.54. The lowest BCUT2D eigenvalue weighted by Gasteiger charge is -2.37. The summed E-state index contributed by atoms with van der Waals surface area (Å²) in [7, 11) is 1.65. The second-order valence-corrected chi connectivity index (χ2v) is 9.54. The van der Waals surface area contributed by atoms with E-state index in [0.717, 1.165) is 56.2 Å². The summed E-state index contributed by atoms with van der Waals surface area (Å²) in [6.45, 7) is 2.57. The van der Waals surface area contributed by atoms with E-state index in [1.165, 1.54) is 24.3 Å². The number of methoxy groups -OCH3 is 1. The molecule has 1 heterocycles. The van der Waals surface area contributed by atoms with Gasteiger partial charge in [-0.15, -0.1) is 0 Å². The molecule has 1 saturated heterocycles. The molecule has 5 atom stereocenters. The Bertz CT molecular complexity index is 949. The molecule has 1 saturated carbocycles. The highest BCUT2D eigenvalue weighted by Crippen LogP contribution is 2.32. The molecule has 5 nitrogen and oxygen atoms in total. The number of aliphatic hydroxyl groups is 2. The van der Waals surface area contributed by atoms with Gasteiger partial charge in [0.25, 0.3) is 0 Å². The summed E-state index contributed by atoms with van der Waals surface area (Å²) >= 11 is 0. The number of ether oxygens (including phenoxy) is 1.